The molecule has 0 aromatic heterocycles. The number of carbonyl (C=O) groups excluding carboxylic acids is 1. The van der Waals surface area contributed by atoms with Crippen molar-refractivity contribution in [3.05, 3.63) is 63.1 Å². The first-order valence-electron chi connectivity index (χ1n) is 7.50. The minimum atomic E-state index is -0.311. The van der Waals surface area contributed by atoms with Gasteiger partial charge in [0.2, 0.25) is 0 Å². The number of benzene rings is 2. The normalized spacial score (nSPS) is 11.5. The van der Waals surface area contributed by atoms with Crippen LogP contribution in [0, 0.1) is 6.92 Å². The molecule has 0 spiro atoms. The van der Waals surface area contributed by atoms with Crippen LogP contribution in [-0.4, -0.2) is 23.7 Å². The SMILES string of the molecule is CC/C(=N\N(C)C(=O)c1ccc(Cl)cc1Cl)c1cc(C)ccc1N. The van der Waals surface area contributed by atoms with Gasteiger partial charge in [0, 0.05) is 23.3 Å². The minimum Gasteiger partial charge on any atom is -0.398 e. The van der Waals surface area contributed by atoms with E-state index in [1.54, 1.807) is 19.2 Å². The van der Waals surface area contributed by atoms with Crippen LogP contribution in [0.4, 0.5) is 5.69 Å². The van der Waals surface area contributed by atoms with Crippen LogP contribution < -0.4 is 5.73 Å². The summed E-state index contributed by atoms with van der Waals surface area (Å²) in [5.41, 5.74) is 9.67. The molecule has 0 atom stereocenters. The van der Waals surface area contributed by atoms with Gasteiger partial charge in [-0.25, -0.2) is 5.01 Å². The van der Waals surface area contributed by atoms with Gasteiger partial charge in [0.05, 0.1) is 16.3 Å². The van der Waals surface area contributed by atoms with Gasteiger partial charge in [0.15, 0.2) is 0 Å². The van der Waals surface area contributed by atoms with Gasteiger partial charge in [-0.15, -0.1) is 0 Å². The van der Waals surface area contributed by atoms with E-state index in [4.69, 9.17) is 28.9 Å². The summed E-state index contributed by atoms with van der Waals surface area (Å²) in [6.07, 6.45) is 0.639. The predicted octanol–water partition coefficient (Wildman–Crippen LogP) is 4.77. The minimum absolute atomic E-state index is 0.294. The Morgan fingerprint density at radius 3 is 2.50 bits per heavy atom. The molecular formula is C18H19Cl2N3O. The standard InChI is InChI=1S/C18H19Cl2N3O/c1-4-17(14-9-11(2)5-8-16(14)21)22-23(3)18(24)13-7-6-12(19)10-15(13)20/h5-10H,4,21H2,1-3H3/b22-17+. The number of amides is 1. The second kappa shape index (κ2) is 7.69. The first kappa shape index (κ1) is 18.3. The maximum absolute atomic E-state index is 12.6. The molecule has 126 valence electrons. The largest absolute Gasteiger partial charge is 0.398 e. The van der Waals surface area contributed by atoms with E-state index in [-0.39, 0.29) is 5.91 Å². The van der Waals surface area contributed by atoms with Crippen molar-refractivity contribution in [1.29, 1.82) is 0 Å². The summed E-state index contributed by atoms with van der Waals surface area (Å²) in [4.78, 5) is 12.6. The molecule has 0 bridgehead atoms. The Morgan fingerprint density at radius 1 is 1.17 bits per heavy atom. The van der Waals surface area contributed by atoms with Crippen LogP contribution in [-0.2, 0) is 0 Å². The zero-order chi connectivity index (χ0) is 17.9. The molecule has 0 radical (unpaired) electrons. The highest BCUT2D eigenvalue weighted by atomic mass is 35.5. The number of anilines is 1. The Morgan fingerprint density at radius 2 is 1.88 bits per heavy atom. The zero-order valence-electron chi connectivity index (χ0n) is 13.8. The molecule has 0 aliphatic heterocycles. The van der Waals surface area contributed by atoms with E-state index >= 15 is 0 Å². The smallest absolute Gasteiger partial charge is 0.275 e. The second-order valence-corrected chi connectivity index (χ2v) is 6.29. The monoisotopic (exact) mass is 363 g/mol. The molecule has 0 saturated carbocycles. The van der Waals surface area contributed by atoms with Crippen molar-refractivity contribution in [3.8, 4) is 0 Å². The van der Waals surface area contributed by atoms with Crippen LogP contribution in [0.15, 0.2) is 41.5 Å². The molecule has 6 heteroatoms. The van der Waals surface area contributed by atoms with Gasteiger partial charge >= 0.3 is 0 Å². The number of carbonyl (C=O) groups is 1. The number of halogens is 2. The fourth-order valence-electron chi connectivity index (χ4n) is 2.30. The average molecular weight is 364 g/mol. The van der Waals surface area contributed by atoms with Crippen LogP contribution in [0.1, 0.15) is 34.8 Å². The summed E-state index contributed by atoms with van der Waals surface area (Å²) in [7, 11) is 1.59. The molecular weight excluding hydrogens is 345 g/mol. The number of rotatable bonds is 4. The third kappa shape index (κ3) is 4.08. The number of aryl methyl sites for hydroxylation is 1. The highest BCUT2D eigenvalue weighted by Gasteiger charge is 2.16. The number of hydrogen-bond donors (Lipinski definition) is 1. The van der Waals surface area contributed by atoms with Crippen LogP contribution in [0.25, 0.3) is 0 Å². The first-order chi connectivity index (χ1) is 11.3. The van der Waals surface area contributed by atoms with Gasteiger partial charge < -0.3 is 5.73 Å². The summed E-state index contributed by atoms with van der Waals surface area (Å²) >= 11 is 12.0. The molecule has 2 aromatic rings. The maximum atomic E-state index is 12.6. The van der Waals surface area contributed by atoms with Crippen molar-refractivity contribution < 1.29 is 4.79 Å². The summed E-state index contributed by atoms with van der Waals surface area (Å²) in [6.45, 7) is 3.95. The Kier molecular flexibility index (Phi) is 5.86. The third-order valence-corrected chi connectivity index (χ3v) is 4.13. The molecule has 0 fully saturated rings. The third-order valence-electron chi connectivity index (χ3n) is 3.58. The topological polar surface area (TPSA) is 58.7 Å². The van der Waals surface area contributed by atoms with Crippen LogP contribution in [0.3, 0.4) is 0 Å². The van der Waals surface area contributed by atoms with Gasteiger partial charge in [0.25, 0.3) is 5.91 Å². The lowest BCUT2D eigenvalue weighted by atomic mass is 10.0. The van der Waals surface area contributed by atoms with E-state index in [1.807, 2.05) is 32.0 Å². The second-order valence-electron chi connectivity index (χ2n) is 5.44. The molecule has 24 heavy (non-hydrogen) atoms. The quantitative estimate of drug-likeness (QED) is 0.483. The summed E-state index contributed by atoms with van der Waals surface area (Å²) in [5, 5.41) is 6.48. The van der Waals surface area contributed by atoms with E-state index in [0.717, 1.165) is 16.8 Å². The lowest BCUT2D eigenvalue weighted by Gasteiger charge is -2.16. The highest BCUT2D eigenvalue weighted by molar-refractivity contribution is 6.36. The lowest BCUT2D eigenvalue weighted by molar-refractivity contribution is 0.0799. The van der Waals surface area contributed by atoms with Gasteiger partial charge in [-0.05, 0) is 43.7 Å². The number of hydrogen-bond acceptors (Lipinski definition) is 3. The molecule has 4 nitrogen and oxygen atoms in total. The summed E-state index contributed by atoms with van der Waals surface area (Å²) < 4.78 is 0. The van der Waals surface area contributed by atoms with Gasteiger partial charge in [-0.1, -0.05) is 41.8 Å². The van der Waals surface area contributed by atoms with Crippen molar-refractivity contribution in [2.24, 2.45) is 5.10 Å². The van der Waals surface area contributed by atoms with E-state index in [2.05, 4.69) is 5.10 Å². The molecule has 0 aliphatic carbocycles. The predicted molar refractivity (Wildman–Crippen MR) is 101 cm³/mol. The van der Waals surface area contributed by atoms with Crippen LogP contribution >= 0.6 is 23.2 Å². The van der Waals surface area contributed by atoms with Crippen LogP contribution in [0.2, 0.25) is 10.0 Å². The molecule has 2 aromatic carbocycles. The average Bonchev–Trinajstić information content (AvgIpc) is 2.54. The van der Waals surface area contributed by atoms with E-state index in [0.29, 0.717) is 27.7 Å². The Hall–Kier alpha value is -2.04. The number of nitrogen functional groups attached to an aromatic ring is 1. The Labute approximate surface area is 151 Å². The molecule has 0 saturated heterocycles. The van der Waals surface area contributed by atoms with Crippen molar-refractivity contribution in [2.45, 2.75) is 20.3 Å². The van der Waals surface area contributed by atoms with E-state index < -0.39 is 0 Å². The summed E-state index contributed by atoms with van der Waals surface area (Å²) in [5.74, 6) is -0.311. The maximum Gasteiger partial charge on any atom is 0.275 e. The van der Waals surface area contributed by atoms with Crippen molar-refractivity contribution >= 4 is 40.5 Å². The van der Waals surface area contributed by atoms with Crippen molar-refractivity contribution in [2.75, 3.05) is 12.8 Å². The molecule has 0 unspecified atom stereocenters. The number of hydrazone groups is 1. The Bertz CT molecular complexity index is 803. The highest BCUT2D eigenvalue weighted by Crippen LogP contribution is 2.23. The van der Waals surface area contributed by atoms with Crippen molar-refractivity contribution in [3.63, 3.8) is 0 Å². The number of nitrogens with zero attached hydrogens (tertiary/aromatic N) is 2. The van der Waals surface area contributed by atoms with Gasteiger partial charge in [-0.2, -0.15) is 5.10 Å². The molecule has 0 aliphatic rings. The molecule has 2 N–H and O–H groups in total. The summed E-state index contributed by atoms with van der Waals surface area (Å²) in [6, 6.07) is 10.5. The fraction of sp³-hybridized carbons (Fsp3) is 0.222. The van der Waals surface area contributed by atoms with Gasteiger partial charge in [0.1, 0.15) is 0 Å². The number of nitrogens with two attached hydrogens (primary N) is 1. The van der Waals surface area contributed by atoms with Crippen LogP contribution in [0.5, 0.6) is 0 Å². The first-order valence-corrected chi connectivity index (χ1v) is 8.26. The molecule has 2 rings (SSSR count). The van der Waals surface area contributed by atoms with Crippen molar-refractivity contribution in [1.82, 2.24) is 5.01 Å². The lowest BCUT2D eigenvalue weighted by Crippen LogP contribution is -2.24. The van der Waals surface area contributed by atoms with E-state index in [9.17, 15) is 4.79 Å². The zero-order valence-corrected chi connectivity index (χ0v) is 15.3. The molecule has 1 amide bonds. The Balaban J connectivity index is 2.36. The van der Waals surface area contributed by atoms with Gasteiger partial charge in [-0.3, -0.25) is 4.79 Å². The van der Waals surface area contributed by atoms with E-state index in [1.165, 1.54) is 11.1 Å². The fourth-order valence-corrected chi connectivity index (χ4v) is 2.79. The molecule has 0 heterocycles.